The molecule has 0 saturated carbocycles. The highest BCUT2D eigenvalue weighted by atomic mass is 28.4. The fourth-order valence-electron chi connectivity index (χ4n) is 3.38. The molecule has 2 atom stereocenters. The Bertz CT molecular complexity index is 213. The summed E-state index contributed by atoms with van der Waals surface area (Å²) in [6.45, 7) is 9.45. The van der Waals surface area contributed by atoms with E-state index < -0.39 is 8.32 Å². The molecule has 0 N–H and O–H groups in total. The SMILES string of the molecule is CCCCCCC1CCC(C)C[Si](CC)(CC)O1. The van der Waals surface area contributed by atoms with Gasteiger partial charge in [-0.3, -0.25) is 0 Å². The van der Waals surface area contributed by atoms with Crippen LogP contribution < -0.4 is 0 Å². The third-order valence-corrected chi connectivity index (χ3v) is 9.64. The van der Waals surface area contributed by atoms with E-state index in [9.17, 15) is 0 Å². The standard InChI is InChI=1S/C16H34OSi/c1-5-8-9-10-11-16-13-12-15(4)14-18(6-2,7-3)17-16/h15-16H,5-14H2,1-4H3. The Balaban J connectivity index is 2.47. The summed E-state index contributed by atoms with van der Waals surface area (Å²) in [7, 11) is -1.38. The second kappa shape index (κ2) is 8.37. The maximum atomic E-state index is 6.69. The van der Waals surface area contributed by atoms with Gasteiger partial charge in [0, 0.05) is 6.10 Å². The van der Waals surface area contributed by atoms with E-state index in [1.165, 1.54) is 63.1 Å². The number of rotatable bonds is 7. The molecule has 0 spiro atoms. The molecule has 0 bridgehead atoms. The van der Waals surface area contributed by atoms with Crippen LogP contribution in [0.4, 0.5) is 0 Å². The van der Waals surface area contributed by atoms with E-state index in [1.54, 1.807) is 0 Å². The van der Waals surface area contributed by atoms with Gasteiger partial charge in [0.05, 0.1) is 0 Å². The van der Waals surface area contributed by atoms with E-state index >= 15 is 0 Å². The minimum absolute atomic E-state index is 0.596. The zero-order chi connectivity index (χ0) is 13.4. The predicted octanol–water partition coefficient (Wildman–Crippen LogP) is 5.76. The largest absolute Gasteiger partial charge is 0.414 e. The molecule has 0 amide bonds. The van der Waals surface area contributed by atoms with Gasteiger partial charge in [0.15, 0.2) is 8.32 Å². The van der Waals surface area contributed by atoms with E-state index in [0.717, 1.165) is 5.92 Å². The fourth-order valence-corrected chi connectivity index (χ4v) is 7.30. The van der Waals surface area contributed by atoms with Gasteiger partial charge >= 0.3 is 0 Å². The Kier molecular flexibility index (Phi) is 7.55. The van der Waals surface area contributed by atoms with Crippen molar-refractivity contribution in [2.45, 2.75) is 96.9 Å². The molecule has 1 rings (SSSR count). The second-order valence-corrected chi connectivity index (χ2v) is 10.8. The van der Waals surface area contributed by atoms with Crippen LogP contribution in [-0.2, 0) is 4.43 Å². The molecular weight excluding hydrogens is 236 g/mol. The average Bonchev–Trinajstić information content (AvgIpc) is 2.55. The molecule has 1 aliphatic heterocycles. The summed E-state index contributed by atoms with van der Waals surface area (Å²) < 4.78 is 6.69. The average molecular weight is 271 g/mol. The van der Waals surface area contributed by atoms with Crippen molar-refractivity contribution in [3.63, 3.8) is 0 Å². The van der Waals surface area contributed by atoms with Crippen molar-refractivity contribution >= 4 is 8.32 Å². The minimum atomic E-state index is -1.38. The lowest BCUT2D eigenvalue weighted by molar-refractivity contribution is 0.168. The van der Waals surface area contributed by atoms with Crippen LogP contribution in [0.2, 0.25) is 18.1 Å². The third kappa shape index (κ3) is 5.04. The molecule has 1 fully saturated rings. The molecule has 1 saturated heterocycles. The molecule has 1 heterocycles. The second-order valence-electron chi connectivity index (χ2n) is 6.37. The number of hydrogen-bond donors (Lipinski definition) is 0. The Morgan fingerprint density at radius 3 is 2.33 bits per heavy atom. The Labute approximate surface area is 116 Å². The van der Waals surface area contributed by atoms with Crippen LogP contribution in [0.3, 0.4) is 0 Å². The predicted molar refractivity (Wildman–Crippen MR) is 83.6 cm³/mol. The van der Waals surface area contributed by atoms with Crippen molar-refractivity contribution in [2.75, 3.05) is 0 Å². The molecule has 0 aliphatic carbocycles. The van der Waals surface area contributed by atoms with Crippen LogP contribution in [0.25, 0.3) is 0 Å². The molecule has 0 aromatic rings. The summed E-state index contributed by atoms with van der Waals surface area (Å²) >= 11 is 0. The minimum Gasteiger partial charge on any atom is -0.414 e. The third-order valence-electron chi connectivity index (χ3n) is 4.79. The molecular formula is C16H34OSi. The molecule has 0 aromatic carbocycles. The topological polar surface area (TPSA) is 9.23 Å². The van der Waals surface area contributed by atoms with Gasteiger partial charge in [-0.15, -0.1) is 0 Å². The summed E-state index contributed by atoms with van der Waals surface area (Å²) in [6, 6.07) is 4.05. The maximum Gasteiger partial charge on any atom is 0.192 e. The molecule has 108 valence electrons. The van der Waals surface area contributed by atoms with Gasteiger partial charge in [-0.2, -0.15) is 0 Å². The first-order valence-corrected chi connectivity index (χ1v) is 10.9. The van der Waals surface area contributed by atoms with Crippen molar-refractivity contribution in [1.29, 1.82) is 0 Å². The first-order valence-electron chi connectivity index (χ1n) is 8.33. The summed E-state index contributed by atoms with van der Waals surface area (Å²) in [6.07, 6.45) is 10.1. The maximum absolute atomic E-state index is 6.69. The first-order chi connectivity index (χ1) is 8.65. The van der Waals surface area contributed by atoms with Crippen molar-refractivity contribution in [3.8, 4) is 0 Å². The zero-order valence-electron chi connectivity index (χ0n) is 13.1. The Morgan fingerprint density at radius 2 is 1.72 bits per heavy atom. The normalized spacial score (nSPS) is 28.0. The van der Waals surface area contributed by atoms with Gasteiger partial charge in [0.2, 0.25) is 0 Å². The van der Waals surface area contributed by atoms with Gasteiger partial charge in [0.25, 0.3) is 0 Å². The smallest absolute Gasteiger partial charge is 0.192 e. The van der Waals surface area contributed by atoms with E-state index in [4.69, 9.17) is 4.43 Å². The molecule has 0 radical (unpaired) electrons. The lowest BCUT2D eigenvalue weighted by Crippen LogP contribution is -2.40. The molecule has 2 heteroatoms. The van der Waals surface area contributed by atoms with E-state index in [1.807, 2.05) is 0 Å². The Morgan fingerprint density at radius 1 is 1.00 bits per heavy atom. The summed E-state index contributed by atoms with van der Waals surface area (Å²) in [5, 5.41) is 0. The Hall–Kier alpha value is 0.177. The summed E-state index contributed by atoms with van der Waals surface area (Å²) in [5.41, 5.74) is 0. The molecule has 1 aliphatic rings. The molecule has 1 nitrogen and oxygen atoms in total. The van der Waals surface area contributed by atoms with Crippen LogP contribution in [-0.4, -0.2) is 14.4 Å². The van der Waals surface area contributed by atoms with E-state index in [0.29, 0.717) is 6.10 Å². The van der Waals surface area contributed by atoms with Crippen LogP contribution >= 0.6 is 0 Å². The summed E-state index contributed by atoms with van der Waals surface area (Å²) in [4.78, 5) is 0. The van der Waals surface area contributed by atoms with Crippen molar-refractivity contribution in [2.24, 2.45) is 5.92 Å². The number of hydrogen-bond acceptors (Lipinski definition) is 1. The lowest BCUT2D eigenvalue weighted by Gasteiger charge is -2.32. The highest BCUT2D eigenvalue weighted by Gasteiger charge is 2.37. The molecule has 0 aromatic heterocycles. The molecule has 18 heavy (non-hydrogen) atoms. The summed E-state index contributed by atoms with van der Waals surface area (Å²) in [5.74, 6) is 0.900. The van der Waals surface area contributed by atoms with Crippen LogP contribution in [0.1, 0.15) is 72.6 Å². The van der Waals surface area contributed by atoms with Crippen molar-refractivity contribution in [1.82, 2.24) is 0 Å². The monoisotopic (exact) mass is 270 g/mol. The molecule has 2 unspecified atom stereocenters. The highest BCUT2D eigenvalue weighted by molar-refractivity contribution is 6.73. The quantitative estimate of drug-likeness (QED) is 0.422. The fraction of sp³-hybridized carbons (Fsp3) is 1.00. The zero-order valence-corrected chi connectivity index (χ0v) is 14.1. The van der Waals surface area contributed by atoms with Crippen molar-refractivity contribution in [3.05, 3.63) is 0 Å². The van der Waals surface area contributed by atoms with Crippen LogP contribution in [0.5, 0.6) is 0 Å². The van der Waals surface area contributed by atoms with Gasteiger partial charge < -0.3 is 4.43 Å². The lowest BCUT2D eigenvalue weighted by atomic mass is 10.0. The van der Waals surface area contributed by atoms with Gasteiger partial charge in [-0.25, -0.2) is 0 Å². The van der Waals surface area contributed by atoms with Crippen LogP contribution in [0.15, 0.2) is 0 Å². The van der Waals surface area contributed by atoms with Crippen LogP contribution in [0, 0.1) is 5.92 Å². The van der Waals surface area contributed by atoms with Gasteiger partial charge in [-0.1, -0.05) is 53.4 Å². The van der Waals surface area contributed by atoms with E-state index in [-0.39, 0.29) is 0 Å². The first kappa shape index (κ1) is 16.2. The van der Waals surface area contributed by atoms with E-state index in [2.05, 4.69) is 27.7 Å². The highest BCUT2D eigenvalue weighted by Crippen LogP contribution is 2.35. The number of unbranched alkanes of at least 4 members (excludes halogenated alkanes) is 3. The van der Waals surface area contributed by atoms with Gasteiger partial charge in [-0.05, 0) is 43.3 Å². The van der Waals surface area contributed by atoms with Gasteiger partial charge in [0.1, 0.15) is 0 Å². The van der Waals surface area contributed by atoms with Crippen molar-refractivity contribution < 1.29 is 4.43 Å².